The molecule has 1 saturated heterocycles. The summed E-state index contributed by atoms with van der Waals surface area (Å²) in [5.41, 5.74) is 0. The lowest BCUT2D eigenvalue weighted by Crippen LogP contribution is -2.14. The van der Waals surface area contributed by atoms with E-state index in [4.69, 9.17) is 13.8 Å². The van der Waals surface area contributed by atoms with E-state index in [1.807, 2.05) is 0 Å². The fourth-order valence-corrected chi connectivity index (χ4v) is 2.94. The van der Waals surface area contributed by atoms with Crippen molar-refractivity contribution in [2.24, 2.45) is 0 Å². The van der Waals surface area contributed by atoms with Crippen LogP contribution in [0.3, 0.4) is 0 Å². The maximum absolute atomic E-state index is 11.6. The van der Waals surface area contributed by atoms with Gasteiger partial charge in [0.2, 0.25) is 0 Å². The third-order valence-corrected chi connectivity index (χ3v) is 4.24. The van der Waals surface area contributed by atoms with Gasteiger partial charge in [0.25, 0.3) is 0 Å². The lowest BCUT2D eigenvalue weighted by Gasteiger charge is -2.12. The van der Waals surface area contributed by atoms with Gasteiger partial charge in [-0.05, 0) is 12.8 Å². The molecule has 1 aliphatic rings. The highest BCUT2D eigenvalue weighted by Gasteiger charge is 2.35. The summed E-state index contributed by atoms with van der Waals surface area (Å²) in [7, 11) is -1.31. The van der Waals surface area contributed by atoms with Crippen molar-refractivity contribution >= 4 is 7.60 Å². The van der Waals surface area contributed by atoms with Crippen molar-refractivity contribution in [2.45, 2.75) is 32.3 Å². The Morgan fingerprint density at radius 3 is 2.93 bits per heavy atom. The predicted molar refractivity (Wildman–Crippen MR) is 54.7 cm³/mol. The summed E-state index contributed by atoms with van der Waals surface area (Å²) < 4.78 is 27.1. The first-order valence-corrected chi connectivity index (χ1v) is 6.84. The SMILES string of the molecule is CCCCOCC1CCP(=O)(OC)O1. The Kier molecular flexibility index (Phi) is 5.10. The lowest BCUT2D eigenvalue weighted by molar-refractivity contribution is 0.0526. The maximum Gasteiger partial charge on any atom is 0.330 e. The van der Waals surface area contributed by atoms with Crippen molar-refractivity contribution in [3.63, 3.8) is 0 Å². The molecule has 14 heavy (non-hydrogen) atoms. The fourth-order valence-electron chi connectivity index (χ4n) is 1.34. The average Bonchev–Trinajstić information content (AvgIpc) is 2.56. The molecule has 1 aliphatic heterocycles. The van der Waals surface area contributed by atoms with Crippen LogP contribution in [0.1, 0.15) is 26.2 Å². The van der Waals surface area contributed by atoms with Crippen LogP contribution in [-0.4, -0.2) is 32.6 Å². The molecule has 2 unspecified atom stereocenters. The number of unbranched alkanes of at least 4 members (excludes halogenated alkanes) is 1. The summed E-state index contributed by atoms with van der Waals surface area (Å²) in [6.45, 7) is 3.41. The molecular weight excluding hydrogens is 203 g/mol. The minimum absolute atomic E-state index is 0.0439. The van der Waals surface area contributed by atoms with Crippen LogP contribution in [0.25, 0.3) is 0 Å². The van der Waals surface area contributed by atoms with E-state index >= 15 is 0 Å². The van der Waals surface area contributed by atoms with E-state index in [2.05, 4.69) is 6.92 Å². The second-order valence-corrected chi connectivity index (χ2v) is 5.71. The molecule has 4 nitrogen and oxygen atoms in total. The number of rotatable bonds is 6. The van der Waals surface area contributed by atoms with E-state index in [-0.39, 0.29) is 6.10 Å². The van der Waals surface area contributed by atoms with Gasteiger partial charge in [0, 0.05) is 13.7 Å². The molecule has 0 amide bonds. The third-order valence-electron chi connectivity index (χ3n) is 2.26. The molecule has 5 heteroatoms. The van der Waals surface area contributed by atoms with E-state index in [1.165, 1.54) is 7.11 Å². The van der Waals surface area contributed by atoms with E-state index < -0.39 is 7.60 Å². The van der Waals surface area contributed by atoms with Gasteiger partial charge in [-0.3, -0.25) is 4.57 Å². The van der Waals surface area contributed by atoms with E-state index in [0.717, 1.165) is 25.9 Å². The average molecular weight is 222 g/mol. The summed E-state index contributed by atoms with van der Waals surface area (Å²) in [6, 6.07) is 0. The molecule has 0 aromatic heterocycles. The van der Waals surface area contributed by atoms with E-state index in [1.54, 1.807) is 0 Å². The molecule has 84 valence electrons. The van der Waals surface area contributed by atoms with Crippen LogP contribution in [0.2, 0.25) is 0 Å². The summed E-state index contributed by atoms with van der Waals surface area (Å²) in [6.07, 6.45) is 3.44. The van der Waals surface area contributed by atoms with Crippen molar-refractivity contribution in [1.29, 1.82) is 0 Å². The highest BCUT2D eigenvalue weighted by Crippen LogP contribution is 2.54. The van der Waals surface area contributed by atoms with Crippen molar-refractivity contribution in [1.82, 2.24) is 0 Å². The summed E-state index contributed by atoms with van der Waals surface area (Å²) in [5.74, 6) is 0. The first kappa shape index (κ1) is 12.2. The Morgan fingerprint density at radius 2 is 2.36 bits per heavy atom. The predicted octanol–water partition coefficient (Wildman–Crippen LogP) is 2.43. The van der Waals surface area contributed by atoms with Crippen LogP contribution in [0.15, 0.2) is 0 Å². The van der Waals surface area contributed by atoms with Crippen LogP contribution < -0.4 is 0 Å². The van der Waals surface area contributed by atoms with Crippen LogP contribution >= 0.6 is 7.60 Å². The van der Waals surface area contributed by atoms with Gasteiger partial charge in [-0.1, -0.05) is 13.3 Å². The molecule has 0 aromatic carbocycles. The topological polar surface area (TPSA) is 44.8 Å². The second-order valence-electron chi connectivity index (χ2n) is 3.46. The van der Waals surface area contributed by atoms with Crippen molar-refractivity contribution in [2.75, 3.05) is 26.5 Å². The monoisotopic (exact) mass is 222 g/mol. The van der Waals surface area contributed by atoms with Crippen LogP contribution in [0.4, 0.5) is 0 Å². The molecule has 0 spiro atoms. The molecule has 0 aliphatic carbocycles. The Morgan fingerprint density at radius 1 is 1.57 bits per heavy atom. The molecule has 2 atom stereocenters. The first-order valence-electron chi connectivity index (χ1n) is 5.11. The zero-order chi connectivity index (χ0) is 10.4. The van der Waals surface area contributed by atoms with Gasteiger partial charge in [0.1, 0.15) is 0 Å². The molecular formula is C9H19O4P. The highest BCUT2D eigenvalue weighted by atomic mass is 31.2. The maximum atomic E-state index is 11.6. The molecule has 1 heterocycles. The lowest BCUT2D eigenvalue weighted by atomic mass is 10.3. The quantitative estimate of drug-likeness (QED) is 0.511. The Hall–Kier alpha value is 0.110. The summed E-state index contributed by atoms with van der Waals surface area (Å²) in [5, 5.41) is 0. The van der Waals surface area contributed by atoms with E-state index in [9.17, 15) is 4.57 Å². The molecule has 0 aromatic rings. The van der Waals surface area contributed by atoms with Gasteiger partial charge in [-0.25, -0.2) is 0 Å². The molecule has 1 fully saturated rings. The number of ether oxygens (including phenoxy) is 1. The Bertz CT molecular complexity index is 207. The van der Waals surface area contributed by atoms with Gasteiger partial charge < -0.3 is 13.8 Å². The molecule has 0 N–H and O–H groups in total. The van der Waals surface area contributed by atoms with Crippen LogP contribution in [0, 0.1) is 0 Å². The summed E-state index contributed by atoms with van der Waals surface area (Å²) >= 11 is 0. The third kappa shape index (κ3) is 3.70. The zero-order valence-corrected chi connectivity index (χ0v) is 9.79. The van der Waals surface area contributed by atoms with Gasteiger partial charge in [0.05, 0.1) is 18.9 Å². The standard InChI is InChI=1S/C9H19O4P/c1-3-4-6-12-8-9-5-7-14(10,11-2)13-9/h9H,3-8H2,1-2H3. The van der Waals surface area contributed by atoms with Gasteiger partial charge in [-0.2, -0.15) is 0 Å². The van der Waals surface area contributed by atoms with Crippen molar-refractivity contribution in [3.8, 4) is 0 Å². The number of hydrogen-bond acceptors (Lipinski definition) is 4. The fraction of sp³-hybridized carbons (Fsp3) is 1.00. The minimum atomic E-state index is -2.74. The Labute approximate surface area is 85.5 Å². The van der Waals surface area contributed by atoms with E-state index in [0.29, 0.717) is 12.8 Å². The Balaban J connectivity index is 2.13. The normalized spacial score (nSPS) is 32.3. The first-order chi connectivity index (χ1) is 6.70. The van der Waals surface area contributed by atoms with Crippen LogP contribution in [-0.2, 0) is 18.3 Å². The molecule has 1 rings (SSSR count). The van der Waals surface area contributed by atoms with Crippen molar-refractivity contribution in [3.05, 3.63) is 0 Å². The smallest absolute Gasteiger partial charge is 0.330 e. The second kappa shape index (κ2) is 5.86. The van der Waals surface area contributed by atoms with Gasteiger partial charge in [0.15, 0.2) is 0 Å². The molecule has 0 saturated carbocycles. The molecule has 0 bridgehead atoms. The largest absolute Gasteiger partial charge is 0.379 e. The molecule has 0 radical (unpaired) electrons. The zero-order valence-electron chi connectivity index (χ0n) is 8.90. The minimum Gasteiger partial charge on any atom is -0.379 e. The van der Waals surface area contributed by atoms with Crippen LogP contribution in [0.5, 0.6) is 0 Å². The van der Waals surface area contributed by atoms with Crippen molar-refractivity contribution < 1.29 is 18.3 Å². The highest BCUT2D eigenvalue weighted by molar-refractivity contribution is 7.54. The van der Waals surface area contributed by atoms with Gasteiger partial charge >= 0.3 is 7.60 Å². The summed E-state index contributed by atoms with van der Waals surface area (Å²) in [4.78, 5) is 0. The van der Waals surface area contributed by atoms with Gasteiger partial charge in [-0.15, -0.1) is 0 Å². The number of hydrogen-bond donors (Lipinski definition) is 0.